The summed E-state index contributed by atoms with van der Waals surface area (Å²) in [5.74, 6) is -0.299. The van der Waals surface area contributed by atoms with Crippen LogP contribution in [0.4, 0.5) is 5.69 Å². The first-order chi connectivity index (χ1) is 11.7. The van der Waals surface area contributed by atoms with E-state index in [2.05, 4.69) is 27.6 Å². The number of aromatic hydroxyl groups is 1. The molecule has 0 radical (unpaired) electrons. The number of carbonyl (C=O) groups is 1. The van der Waals surface area contributed by atoms with E-state index in [1.807, 2.05) is 12.1 Å². The van der Waals surface area contributed by atoms with Gasteiger partial charge in [-0.3, -0.25) is 4.79 Å². The summed E-state index contributed by atoms with van der Waals surface area (Å²) < 4.78 is 0. The molecule has 5 nitrogen and oxygen atoms in total. The predicted molar refractivity (Wildman–Crippen MR) is 95.7 cm³/mol. The molecule has 1 aliphatic rings. The van der Waals surface area contributed by atoms with E-state index in [1.54, 1.807) is 18.3 Å². The molecule has 24 heavy (non-hydrogen) atoms. The third kappa shape index (κ3) is 4.13. The largest absolute Gasteiger partial charge is 0.508 e. The summed E-state index contributed by atoms with van der Waals surface area (Å²) in [6.45, 7) is 2.24. The summed E-state index contributed by atoms with van der Waals surface area (Å²) in [4.78, 5) is 14.3. The van der Waals surface area contributed by atoms with Gasteiger partial charge in [-0.15, -0.1) is 0 Å². The Bertz CT molecular complexity index is 720. The summed E-state index contributed by atoms with van der Waals surface area (Å²) in [5.41, 5.74) is 4.98. The first kappa shape index (κ1) is 16.1. The van der Waals surface area contributed by atoms with E-state index in [4.69, 9.17) is 0 Å². The lowest BCUT2D eigenvalue weighted by atomic mass is 10.1. The van der Waals surface area contributed by atoms with Gasteiger partial charge in [0.05, 0.1) is 6.21 Å². The second-order valence-corrected chi connectivity index (χ2v) is 5.89. The third-order valence-electron chi connectivity index (χ3n) is 4.10. The van der Waals surface area contributed by atoms with Crippen molar-refractivity contribution in [1.29, 1.82) is 0 Å². The van der Waals surface area contributed by atoms with Gasteiger partial charge in [-0.05, 0) is 55.2 Å². The first-order valence-corrected chi connectivity index (χ1v) is 8.20. The normalized spacial score (nSPS) is 14.8. The number of hydrogen-bond acceptors (Lipinski definition) is 4. The summed E-state index contributed by atoms with van der Waals surface area (Å²) >= 11 is 0. The molecule has 0 unspecified atom stereocenters. The van der Waals surface area contributed by atoms with Crippen LogP contribution < -0.4 is 10.3 Å². The Hall–Kier alpha value is -2.82. The molecule has 0 aliphatic carbocycles. The number of benzene rings is 2. The Balaban J connectivity index is 1.57. The minimum absolute atomic E-state index is 0.0555. The van der Waals surface area contributed by atoms with Crippen molar-refractivity contribution in [2.45, 2.75) is 19.3 Å². The Kier molecular flexibility index (Phi) is 5.11. The van der Waals surface area contributed by atoms with Gasteiger partial charge in [0.2, 0.25) is 0 Å². The van der Waals surface area contributed by atoms with E-state index >= 15 is 0 Å². The van der Waals surface area contributed by atoms with E-state index < -0.39 is 0 Å². The van der Waals surface area contributed by atoms with Crippen LogP contribution in [0.1, 0.15) is 35.2 Å². The first-order valence-electron chi connectivity index (χ1n) is 8.20. The highest BCUT2D eigenvalue weighted by Gasteiger charge is 2.10. The third-order valence-corrected chi connectivity index (χ3v) is 4.10. The van der Waals surface area contributed by atoms with Gasteiger partial charge in [0.1, 0.15) is 5.75 Å². The van der Waals surface area contributed by atoms with Gasteiger partial charge in [-0.25, -0.2) is 5.43 Å². The molecule has 3 rings (SSSR count). The van der Waals surface area contributed by atoms with Crippen LogP contribution in [0.15, 0.2) is 53.6 Å². The van der Waals surface area contributed by atoms with Crippen LogP contribution in [0.3, 0.4) is 0 Å². The average molecular weight is 323 g/mol. The number of nitrogens with one attached hydrogen (secondary N) is 1. The van der Waals surface area contributed by atoms with Crippen molar-refractivity contribution in [2.75, 3.05) is 18.0 Å². The molecule has 1 heterocycles. The Labute approximate surface area is 141 Å². The van der Waals surface area contributed by atoms with Gasteiger partial charge < -0.3 is 10.0 Å². The van der Waals surface area contributed by atoms with E-state index in [0.29, 0.717) is 5.56 Å². The van der Waals surface area contributed by atoms with E-state index in [0.717, 1.165) is 18.7 Å². The number of amides is 1. The SMILES string of the molecule is O=C(N/N=C/c1ccc(N2CCCCC2)cc1)c1cccc(O)c1. The van der Waals surface area contributed by atoms with Crippen LogP contribution in [0.2, 0.25) is 0 Å². The van der Waals surface area contributed by atoms with Gasteiger partial charge in [0.25, 0.3) is 5.91 Å². The monoisotopic (exact) mass is 323 g/mol. The van der Waals surface area contributed by atoms with E-state index in [1.165, 1.54) is 37.1 Å². The molecule has 0 atom stereocenters. The Morgan fingerprint density at radius 1 is 1.08 bits per heavy atom. The topological polar surface area (TPSA) is 64.9 Å². The predicted octanol–water partition coefficient (Wildman–Crippen LogP) is 3.15. The van der Waals surface area contributed by atoms with Crippen LogP contribution in [0.25, 0.3) is 0 Å². The number of nitrogens with zero attached hydrogens (tertiary/aromatic N) is 2. The Morgan fingerprint density at radius 2 is 1.83 bits per heavy atom. The van der Waals surface area contributed by atoms with Crippen molar-refractivity contribution in [3.05, 3.63) is 59.7 Å². The molecule has 0 aromatic heterocycles. The molecular formula is C19H21N3O2. The molecule has 124 valence electrons. The zero-order valence-electron chi connectivity index (χ0n) is 13.5. The zero-order valence-corrected chi connectivity index (χ0v) is 13.5. The van der Waals surface area contributed by atoms with Crippen LogP contribution in [0, 0.1) is 0 Å². The molecule has 1 amide bonds. The smallest absolute Gasteiger partial charge is 0.271 e. The average Bonchev–Trinajstić information content (AvgIpc) is 2.63. The fourth-order valence-corrected chi connectivity index (χ4v) is 2.80. The maximum Gasteiger partial charge on any atom is 0.271 e. The number of piperidine rings is 1. The molecule has 1 aliphatic heterocycles. The lowest BCUT2D eigenvalue weighted by Crippen LogP contribution is -2.29. The zero-order chi connectivity index (χ0) is 16.8. The maximum absolute atomic E-state index is 11.9. The lowest BCUT2D eigenvalue weighted by Gasteiger charge is -2.28. The van der Waals surface area contributed by atoms with Crippen LogP contribution >= 0.6 is 0 Å². The second-order valence-electron chi connectivity index (χ2n) is 5.89. The Morgan fingerprint density at radius 3 is 2.54 bits per heavy atom. The molecule has 5 heteroatoms. The second kappa shape index (κ2) is 7.64. The van der Waals surface area contributed by atoms with Crippen LogP contribution in [-0.2, 0) is 0 Å². The van der Waals surface area contributed by atoms with Crippen molar-refractivity contribution in [3.63, 3.8) is 0 Å². The highest BCUT2D eigenvalue weighted by atomic mass is 16.3. The quantitative estimate of drug-likeness (QED) is 0.671. The van der Waals surface area contributed by atoms with Gasteiger partial charge in [-0.2, -0.15) is 5.10 Å². The van der Waals surface area contributed by atoms with Crippen molar-refractivity contribution in [3.8, 4) is 5.75 Å². The summed E-state index contributed by atoms with van der Waals surface area (Å²) in [5, 5.41) is 13.3. The number of hydrogen-bond donors (Lipinski definition) is 2. The summed E-state index contributed by atoms with van der Waals surface area (Å²) in [6, 6.07) is 14.3. The van der Waals surface area contributed by atoms with Crippen LogP contribution in [0.5, 0.6) is 5.75 Å². The number of carbonyl (C=O) groups excluding carboxylic acids is 1. The molecule has 2 aromatic carbocycles. The molecule has 2 aromatic rings. The molecule has 0 spiro atoms. The number of phenolic OH excluding ortho intramolecular Hbond substituents is 1. The molecule has 1 saturated heterocycles. The fraction of sp³-hybridized carbons (Fsp3) is 0.263. The molecule has 2 N–H and O–H groups in total. The maximum atomic E-state index is 11.9. The van der Waals surface area contributed by atoms with Crippen molar-refractivity contribution in [2.24, 2.45) is 5.10 Å². The molecule has 0 bridgehead atoms. The van der Waals surface area contributed by atoms with E-state index in [-0.39, 0.29) is 11.7 Å². The van der Waals surface area contributed by atoms with E-state index in [9.17, 15) is 9.90 Å². The number of hydrazone groups is 1. The van der Waals surface area contributed by atoms with Crippen LogP contribution in [-0.4, -0.2) is 30.3 Å². The standard InChI is InChI=1S/C19H21N3O2/c23-18-6-4-5-16(13-18)19(24)21-20-14-15-7-9-17(10-8-15)22-11-2-1-3-12-22/h4-10,13-14,23H,1-3,11-12H2,(H,21,24)/b20-14+. The minimum atomic E-state index is -0.355. The fourth-order valence-electron chi connectivity index (χ4n) is 2.80. The number of anilines is 1. The summed E-state index contributed by atoms with van der Waals surface area (Å²) in [7, 11) is 0. The van der Waals surface area contributed by atoms with Gasteiger partial charge >= 0.3 is 0 Å². The van der Waals surface area contributed by atoms with Crippen molar-refractivity contribution < 1.29 is 9.90 Å². The number of phenols is 1. The number of rotatable bonds is 4. The summed E-state index contributed by atoms with van der Waals surface area (Å²) in [6.07, 6.45) is 5.44. The van der Waals surface area contributed by atoms with Gasteiger partial charge in [-0.1, -0.05) is 18.2 Å². The minimum Gasteiger partial charge on any atom is -0.508 e. The molecular weight excluding hydrogens is 302 g/mol. The molecule has 0 saturated carbocycles. The van der Waals surface area contributed by atoms with Crippen molar-refractivity contribution in [1.82, 2.24) is 5.43 Å². The highest BCUT2D eigenvalue weighted by molar-refractivity contribution is 5.95. The lowest BCUT2D eigenvalue weighted by molar-refractivity contribution is 0.0954. The van der Waals surface area contributed by atoms with Crippen molar-refractivity contribution >= 4 is 17.8 Å². The van der Waals surface area contributed by atoms with Gasteiger partial charge in [0, 0.05) is 24.3 Å². The highest BCUT2D eigenvalue weighted by Crippen LogP contribution is 2.19. The molecule has 1 fully saturated rings. The van der Waals surface area contributed by atoms with Gasteiger partial charge in [0.15, 0.2) is 0 Å².